The van der Waals surface area contributed by atoms with Gasteiger partial charge in [-0.3, -0.25) is 9.69 Å². The van der Waals surface area contributed by atoms with E-state index in [1.165, 1.54) is 12.1 Å². The average Bonchev–Trinajstić information content (AvgIpc) is 2.38. The van der Waals surface area contributed by atoms with E-state index < -0.39 is 5.82 Å². The maximum Gasteiger partial charge on any atom is 0.254 e. The second kappa shape index (κ2) is 5.92. The Hall–Kier alpha value is -1.42. The largest absolute Gasteiger partial charge is 0.349 e. The first-order chi connectivity index (χ1) is 9.38. The fraction of sp³-hybridized carbons (Fsp3) is 0.562. The molecule has 1 aliphatic rings. The Bertz CT molecular complexity index is 474. The van der Waals surface area contributed by atoms with Crippen molar-refractivity contribution in [2.45, 2.75) is 45.2 Å². The first-order valence-electron chi connectivity index (χ1n) is 7.18. The maximum absolute atomic E-state index is 13.5. The standard InChI is InChI=1S/C16H23FN2O/c1-16(2,3)19-10-8-12(9-11-19)18-15(20)13-6-4-5-7-14(13)17/h4-7,12H,8-11H2,1-3H3,(H,18,20). The highest BCUT2D eigenvalue weighted by atomic mass is 19.1. The molecule has 3 nitrogen and oxygen atoms in total. The highest BCUT2D eigenvalue weighted by molar-refractivity contribution is 5.94. The van der Waals surface area contributed by atoms with Crippen LogP contribution in [0, 0.1) is 5.82 Å². The van der Waals surface area contributed by atoms with E-state index in [1.54, 1.807) is 12.1 Å². The molecule has 1 aromatic rings. The topological polar surface area (TPSA) is 32.3 Å². The zero-order valence-corrected chi connectivity index (χ0v) is 12.4. The van der Waals surface area contributed by atoms with Crippen LogP contribution >= 0.6 is 0 Å². The smallest absolute Gasteiger partial charge is 0.254 e. The third-order valence-corrected chi connectivity index (χ3v) is 3.90. The molecule has 1 heterocycles. The van der Waals surface area contributed by atoms with E-state index >= 15 is 0 Å². The van der Waals surface area contributed by atoms with Crippen molar-refractivity contribution in [1.29, 1.82) is 0 Å². The summed E-state index contributed by atoms with van der Waals surface area (Å²) in [7, 11) is 0. The summed E-state index contributed by atoms with van der Waals surface area (Å²) >= 11 is 0. The van der Waals surface area contributed by atoms with E-state index in [1.807, 2.05) is 0 Å². The molecular weight excluding hydrogens is 255 g/mol. The van der Waals surface area contributed by atoms with Crippen molar-refractivity contribution in [2.24, 2.45) is 0 Å². The van der Waals surface area contributed by atoms with Crippen molar-refractivity contribution in [2.75, 3.05) is 13.1 Å². The summed E-state index contributed by atoms with van der Waals surface area (Å²) in [6.07, 6.45) is 1.83. The predicted molar refractivity (Wildman–Crippen MR) is 78.2 cm³/mol. The molecule has 0 atom stereocenters. The summed E-state index contributed by atoms with van der Waals surface area (Å²) < 4.78 is 13.5. The van der Waals surface area contributed by atoms with E-state index in [4.69, 9.17) is 0 Å². The van der Waals surface area contributed by atoms with Crippen LogP contribution in [0.15, 0.2) is 24.3 Å². The molecule has 0 aromatic heterocycles. The number of nitrogens with zero attached hydrogens (tertiary/aromatic N) is 1. The van der Waals surface area contributed by atoms with Gasteiger partial charge in [-0.05, 0) is 45.7 Å². The number of hydrogen-bond acceptors (Lipinski definition) is 2. The average molecular weight is 278 g/mol. The van der Waals surface area contributed by atoms with Crippen LogP contribution in [-0.4, -0.2) is 35.5 Å². The van der Waals surface area contributed by atoms with Crippen molar-refractivity contribution in [3.05, 3.63) is 35.6 Å². The Kier molecular flexibility index (Phi) is 4.43. The molecule has 1 N–H and O–H groups in total. The van der Waals surface area contributed by atoms with Crippen molar-refractivity contribution in [3.8, 4) is 0 Å². The molecule has 1 fully saturated rings. The zero-order valence-electron chi connectivity index (χ0n) is 12.4. The minimum atomic E-state index is -0.461. The van der Waals surface area contributed by atoms with Crippen molar-refractivity contribution >= 4 is 5.91 Å². The molecular formula is C16H23FN2O. The highest BCUT2D eigenvalue weighted by Gasteiger charge is 2.27. The minimum absolute atomic E-state index is 0.130. The zero-order chi connectivity index (χ0) is 14.8. The van der Waals surface area contributed by atoms with Gasteiger partial charge in [0.05, 0.1) is 5.56 Å². The second-order valence-electron chi connectivity index (χ2n) is 6.39. The fourth-order valence-corrected chi connectivity index (χ4v) is 2.60. The first-order valence-corrected chi connectivity index (χ1v) is 7.18. The molecule has 0 bridgehead atoms. The fourth-order valence-electron chi connectivity index (χ4n) is 2.60. The quantitative estimate of drug-likeness (QED) is 0.902. The molecule has 0 spiro atoms. The number of amides is 1. The maximum atomic E-state index is 13.5. The lowest BCUT2D eigenvalue weighted by atomic mass is 9.98. The van der Waals surface area contributed by atoms with Crippen LogP contribution in [0.5, 0.6) is 0 Å². The summed E-state index contributed by atoms with van der Waals surface area (Å²) in [6, 6.07) is 6.25. The molecule has 20 heavy (non-hydrogen) atoms. The molecule has 1 saturated heterocycles. The Morgan fingerprint density at radius 2 is 1.85 bits per heavy atom. The number of nitrogens with one attached hydrogen (secondary N) is 1. The van der Waals surface area contributed by atoms with Gasteiger partial charge >= 0.3 is 0 Å². The summed E-state index contributed by atoms with van der Waals surface area (Å²) in [6.45, 7) is 8.53. The summed E-state index contributed by atoms with van der Waals surface area (Å²) in [5.74, 6) is -0.769. The van der Waals surface area contributed by atoms with Crippen LogP contribution in [-0.2, 0) is 0 Å². The van der Waals surface area contributed by atoms with Crippen LogP contribution in [0.4, 0.5) is 4.39 Å². The van der Waals surface area contributed by atoms with Gasteiger partial charge in [0.25, 0.3) is 5.91 Å². The van der Waals surface area contributed by atoms with Gasteiger partial charge in [0.2, 0.25) is 0 Å². The third-order valence-electron chi connectivity index (χ3n) is 3.90. The SMILES string of the molecule is CC(C)(C)N1CCC(NC(=O)c2ccccc2F)CC1. The Balaban J connectivity index is 1.90. The molecule has 1 amide bonds. The lowest BCUT2D eigenvalue weighted by molar-refractivity contribution is 0.0810. The lowest BCUT2D eigenvalue weighted by Gasteiger charge is -2.41. The number of carbonyl (C=O) groups excluding carboxylic acids is 1. The van der Waals surface area contributed by atoms with E-state index in [0.29, 0.717) is 0 Å². The number of rotatable bonds is 2. The van der Waals surface area contributed by atoms with Gasteiger partial charge in [0, 0.05) is 24.7 Å². The van der Waals surface area contributed by atoms with Crippen LogP contribution in [0.2, 0.25) is 0 Å². The van der Waals surface area contributed by atoms with Crippen LogP contribution in [0.25, 0.3) is 0 Å². The molecule has 0 radical (unpaired) electrons. The van der Waals surface area contributed by atoms with Gasteiger partial charge in [-0.1, -0.05) is 12.1 Å². The van der Waals surface area contributed by atoms with E-state index in [2.05, 4.69) is 31.0 Å². The number of likely N-dealkylation sites (tertiary alicyclic amines) is 1. The molecule has 4 heteroatoms. The number of piperidine rings is 1. The molecule has 0 aliphatic carbocycles. The normalized spacial score (nSPS) is 18.0. The Labute approximate surface area is 120 Å². The van der Waals surface area contributed by atoms with Gasteiger partial charge in [0.1, 0.15) is 5.82 Å². The molecule has 0 unspecified atom stereocenters. The molecule has 1 aromatic carbocycles. The number of halogens is 1. The van der Waals surface area contributed by atoms with Gasteiger partial charge < -0.3 is 5.32 Å². The molecule has 0 saturated carbocycles. The molecule has 110 valence electrons. The number of hydrogen-bond donors (Lipinski definition) is 1. The number of benzene rings is 1. The Morgan fingerprint density at radius 1 is 1.25 bits per heavy atom. The minimum Gasteiger partial charge on any atom is -0.349 e. The summed E-state index contributed by atoms with van der Waals surface area (Å²) in [4.78, 5) is 14.5. The number of carbonyl (C=O) groups is 1. The van der Waals surface area contributed by atoms with Gasteiger partial charge in [0.15, 0.2) is 0 Å². The van der Waals surface area contributed by atoms with E-state index in [0.717, 1.165) is 25.9 Å². The van der Waals surface area contributed by atoms with Crippen LogP contribution in [0.3, 0.4) is 0 Å². The van der Waals surface area contributed by atoms with Gasteiger partial charge in [-0.2, -0.15) is 0 Å². The second-order valence-corrected chi connectivity index (χ2v) is 6.39. The summed E-state index contributed by atoms with van der Waals surface area (Å²) in [5, 5.41) is 2.94. The molecule has 1 aliphatic heterocycles. The van der Waals surface area contributed by atoms with Crippen molar-refractivity contribution < 1.29 is 9.18 Å². The van der Waals surface area contributed by atoms with Crippen molar-refractivity contribution in [3.63, 3.8) is 0 Å². The predicted octanol–water partition coefficient (Wildman–Crippen LogP) is 2.82. The molecule has 2 rings (SSSR count). The Morgan fingerprint density at radius 3 is 2.40 bits per heavy atom. The van der Waals surface area contributed by atoms with Gasteiger partial charge in [-0.15, -0.1) is 0 Å². The van der Waals surface area contributed by atoms with Crippen molar-refractivity contribution in [1.82, 2.24) is 10.2 Å². The van der Waals surface area contributed by atoms with E-state index in [-0.39, 0.29) is 23.1 Å². The van der Waals surface area contributed by atoms with Crippen LogP contribution in [0.1, 0.15) is 44.0 Å². The summed E-state index contributed by atoms with van der Waals surface area (Å²) in [5.41, 5.74) is 0.298. The highest BCUT2D eigenvalue weighted by Crippen LogP contribution is 2.20. The lowest BCUT2D eigenvalue weighted by Crippen LogP contribution is -2.50. The van der Waals surface area contributed by atoms with E-state index in [9.17, 15) is 9.18 Å². The first kappa shape index (κ1) is 15.0. The third kappa shape index (κ3) is 3.57. The van der Waals surface area contributed by atoms with Gasteiger partial charge in [-0.25, -0.2) is 4.39 Å². The van der Waals surface area contributed by atoms with Crippen LogP contribution < -0.4 is 5.32 Å². The monoisotopic (exact) mass is 278 g/mol.